The number of carbonyl (C=O) groups excluding carboxylic acids is 1. The van der Waals surface area contributed by atoms with Crippen molar-refractivity contribution in [1.82, 2.24) is 9.78 Å². The van der Waals surface area contributed by atoms with Gasteiger partial charge in [0, 0.05) is 10.9 Å². The molecule has 4 nitrogen and oxygen atoms in total. The molecule has 0 saturated carbocycles. The number of nitrogens with zero attached hydrogens (tertiary/aromatic N) is 2. The molecule has 0 aliphatic carbocycles. The molecule has 0 fully saturated rings. The summed E-state index contributed by atoms with van der Waals surface area (Å²) < 4.78 is 6.82. The zero-order chi connectivity index (χ0) is 21.3. The average Bonchev–Trinajstić information content (AvgIpc) is 2.86. The van der Waals surface area contributed by atoms with Crippen molar-refractivity contribution in [2.24, 2.45) is 0 Å². The van der Waals surface area contributed by atoms with Gasteiger partial charge in [-0.2, -0.15) is 9.78 Å². The van der Waals surface area contributed by atoms with Crippen molar-refractivity contribution in [2.45, 2.75) is 65.7 Å². The van der Waals surface area contributed by atoms with Crippen LogP contribution in [0.1, 0.15) is 32.0 Å². The summed E-state index contributed by atoms with van der Waals surface area (Å²) in [6.45, 7) is 18.7. The SMILES string of the molecule is CC(C)(C)OC(=O)n1nc(C#C[Si](C)(C)C)c2cc(C#C[Si](C)(C)C)ccc21. The van der Waals surface area contributed by atoms with E-state index in [9.17, 15) is 4.79 Å². The van der Waals surface area contributed by atoms with E-state index in [0.29, 0.717) is 11.2 Å². The molecule has 28 heavy (non-hydrogen) atoms. The summed E-state index contributed by atoms with van der Waals surface area (Å²) in [6, 6.07) is 5.78. The van der Waals surface area contributed by atoms with Gasteiger partial charge in [0.1, 0.15) is 27.4 Å². The number of benzene rings is 1. The minimum Gasteiger partial charge on any atom is -0.442 e. The van der Waals surface area contributed by atoms with Crippen molar-refractivity contribution in [3.8, 4) is 22.9 Å². The Kier molecular flexibility index (Phi) is 5.99. The van der Waals surface area contributed by atoms with Gasteiger partial charge in [0.25, 0.3) is 0 Å². The molecule has 0 amide bonds. The summed E-state index contributed by atoms with van der Waals surface area (Å²) in [5.41, 5.74) is 8.32. The van der Waals surface area contributed by atoms with Gasteiger partial charge in [0.2, 0.25) is 0 Å². The average molecular weight is 411 g/mol. The third-order valence-electron chi connectivity index (χ3n) is 3.38. The Balaban J connectivity index is 2.64. The second-order valence-corrected chi connectivity index (χ2v) is 19.5. The van der Waals surface area contributed by atoms with E-state index in [-0.39, 0.29) is 0 Å². The van der Waals surface area contributed by atoms with Crippen molar-refractivity contribution in [3.63, 3.8) is 0 Å². The molecule has 2 aromatic rings. The van der Waals surface area contributed by atoms with Crippen LogP contribution in [-0.2, 0) is 4.74 Å². The molecule has 0 spiro atoms. The summed E-state index contributed by atoms with van der Waals surface area (Å²) in [5.74, 6) is 6.47. The molecular formula is C22H30N2O2Si2. The summed E-state index contributed by atoms with van der Waals surface area (Å²) in [5, 5.41) is 5.31. The van der Waals surface area contributed by atoms with Crippen molar-refractivity contribution in [3.05, 3.63) is 29.5 Å². The first-order valence-electron chi connectivity index (χ1n) is 9.47. The molecule has 1 heterocycles. The summed E-state index contributed by atoms with van der Waals surface area (Å²) in [4.78, 5) is 12.6. The number of ether oxygens (including phenoxy) is 1. The maximum Gasteiger partial charge on any atom is 0.435 e. The molecule has 1 aromatic carbocycles. The molecule has 0 N–H and O–H groups in total. The Hall–Kier alpha value is -2.29. The van der Waals surface area contributed by atoms with E-state index in [2.05, 4.69) is 67.3 Å². The van der Waals surface area contributed by atoms with Crippen molar-refractivity contribution < 1.29 is 9.53 Å². The predicted octanol–water partition coefficient (Wildman–Crippen LogP) is 5.28. The second kappa shape index (κ2) is 7.62. The zero-order valence-corrected chi connectivity index (χ0v) is 20.4. The summed E-state index contributed by atoms with van der Waals surface area (Å²) in [7, 11) is -3.07. The number of rotatable bonds is 0. The van der Waals surface area contributed by atoms with Crippen LogP contribution in [0.4, 0.5) is 4.79 Å². The highest BCUT2D eigenvalue weighted by atomic mass is 28.3. The van der Waals surface area contributed by atoms with Crippen LogP contribution in [0.15, 0.2) is 18.2 Å². The van der Waals surface area contributed by atoms with Crippen LogP contribution in [-0.4, -0.2) is 37.6 Å². The van der Waals surface area contributed by atoms with Crippen LogP contribution in [0.3, 0.4) is 0 Å². The van der Waals surface area contributed by atoms with Crippen molar-refractivity contribution >= 4 is 33.1 Å². The van der Waals surface area contributed by atoms with Gasteiger partial charge in [-0.25, -0.2) is 4.79 Å². The largest absolute Gasteiger partial charge is 0.442 e. The monoisotopic (exact) mass is 410 g/mol. The Morgan fingerprint density at radius 2 is 1.57 bits per heavy atom. The van der Waals surface area contributed by atoms with Crippen LogP contribution in [0.25, 0.3) is 10.9 Å². The smallest absolute Gasteiger partial charge is 0.435 e. The van der Waals surface area contributed by atoms with E-state index in [4.69, 9.17) is 4.74 Å². The lowest BCUT2D eigenvalue weighted by Crippen LogP contribution is -2.27. The molecule has 0 unspecified atom stereocenters. The Bertz CT molecular complexity index is 1020. The maximum atomic E-state index is 12.6. The number of hydrogen-bond acceptors (Lipinski definition) is 3. The first-order chi connectivity index (χ1) is 12.6. The van der Waals surface area contributed by atoms with E-state index in [1.165, 1.54) is 4.68 Å². The van der Waals surface area contributed by atoms with Crippen LogP contribution >= 0.6 is 0 Å². The standard InChI is InChI=1S/C22H30N2O2Si2/c1-22(2,3)26-21(25)24-20-11-10-17(12-14-27(4,5)6)16-18(20)19(23-24)13-15-28(7,8)9/h10-11,16H,1-9H3. The third kappa shape index (κ3) is 6.40. The molecule has 0 aliphatic rings. The van der Waals surface area contributed by atoms with Gasteiger partial charge >= 0.3 is 6.09 Å². The number of aromatic nitrogens is 2. The van der Waals surface area contributed by atoms with Gasteiger partial charge in [-0.3, -0.25) is 0 Å². The highest BCUT2D eigenvalue weighted by molar-refractivity contribution is 6.84. The van der Waals surface area contributed by atoms with Crippen molar-refractivity contribution in [2.75, 3.05) is 0 Å². The molecular weight excluding hydrogens is 380 g/mol. The van der Waals surface area contributed by atoms with E-state index in [0.717, 1.165) is 10.9 Å². The molecule has 6 heteroatoms. The third-order valence-corrected chi connectivity index (χ3v) is 5.13. The Morgan fingerprint density at radius 1 is 1.00 bits per heavy atom. The number of hydrogen-bond donors (Lipinski definition) is 0. The van der Waals surface area contributed by atoms with E-state index in [1.54, 1.807) is 0 Å². The molecule has 0 aliphatic heterocycles. The molecule has 2 rings (SSSR count). The first kappa shape index (κ1) is 22.0. The van der Waals surface area contributed by atoms with E-state index < -0.39 is 27.8 Å². The number of fused-ring (bicyclic) bond motifs is 1. The van der Waals surface area contributed by atoms with Crippen LogP contribution in [0.2, 0.25) is 39.3 Å². The lowest BCUT2D eigenvalue weighted by atomic mass is 10.1. The fraction of sp³-hybridized carbons (Fsp3) is 0.455. The van der Waals surface area contributed by atoms with Gasteiger partial charge in [0.05, 0.1) is 5.52 Å². The molecule has 0 radical (unpaired) electrons. The molecule has 0 saturated heterocycles. The van der Waals surface area contributed by atoms with Gasteiger partial charge in [-0.1, -0.05) is 51.1 Å². The lowest BCUT2D eigenvalue weighted by molar-refractivity contribution is 0.0522. The Morgan fingerprint density at radius 3 is 2.11 bits per heavy atom. The fourth-order valence-electron chi connectivity index (χ4n) is 2.24. The fourth-order valence-corrected chi connectivity index (χ4v) is 3.25. The zero-order valence-electron chi connectivity index (χ0n) is 18.4. The quantitative estimate of drug-likeness (QED) is 0.438. The van der Waals surface area contributed by atoms with E-state index >= 15 is 0 Å². The van der Waals surface area contributed by atoms with Crippen molar-refractivity contribution in [1.29, 1.82) is 0 Å². The van der Waals surface area contributed by atoms with Crippen LogP contribution in [0.5, 0.6) is 0 Å². The lowest BCUT2D eigenvalue weighted by Gasteiger charge is -2.19. The highest BCUT2D eigenvalue weighted by Crippen LogP contribution is 2.22. The van der Waals surface area contributed by atoms with Gasteiger partial charge in [0.15, 0.2) is 0 Å². The first-order valence-corrected chi connectivity index (χ1v) is 16.5. The summed E-state index contributed by atoms with van der Waals surface area (Å²) in [6.07, 6.45) is -0.500. The maximum absolute atomic E-state index is 12.6. The second-order valence-electron chi connectivity index (χ2n) is 9.97. The summed E-state index contributed by atoms with van der Waals surface area (Å²) >= 11 is 0. The Labute approximate surface area is 170 Å². The van der Waals surface area contributed by atoms with Gasteiger partial charge in [-0.15, -0.1) is 11.1 Å². The van der Waals surface area contributed by atoms with Gasteiger partial charge < -0.3 is 4.74 Å². The minimum absolute atomic E-state index is 0.500. The molecule has 148 valence electrons. The highest BCUT2D eigenvalue weighted by Gasteiger charge is 2.22. The molecule has 0 atom stereocenters. The minimum atomic E-state index is -1.59. The van der Waals surface area contributed by atoms with Crippen LogP contribution < -0.4 is 0 Å². The molecule has 0 bridgehead atoms. The normalized spacial score (nSPS) is 12.0. The predicted molar refractivity (Wildman–Crippen MR) is 122 cm³/mol. The topological polar surface area (TPSA) is 44.1 Å². The van der Waals surface area contributed by atoms with E-state index in [1.807, 2.05) is 39.0 Å². The van der Waals surface area contributed by atoms with Gasteiger partial charge in [-0.05, 0) is 39.0 Å². The number of carbonyl (C=O) groups is 1. The molecule has 1 aromatic heterocycles. The van der Waals surface area contributed by atoms with Crippen LogP contribution in [0, 0.1) is 22.9 Å².